The average Bonchev–Trinajstić information content (AvgIpc) is 2.67. The fraction of sp³-hybridized carbons (Fsp3) is 0.500. The number of ether oxygens (including phenoxy) is 2. The van der Waals surface area contributed by atoms with Crippen LogP contribution in [0.1, 0.15) is 6.42 Å². The Morgan fingerprint density at radius 3 is 2.88 bits per heavy atom. The summed E-state index contributed by atoms with van der Waals surface area (Å²) in [5.74, 6) is -0.817. The summed E-state index contributed by atoms with van der Waals surface area (Å²) in [7, 11) is 2.86. The lowest BCUT2D eigenvalue weighted by Crippen LogP contribution is -2.49. The SMILES string of the molecule is COC(=O)[C@]12C=CC(=O)[C@H]1CC=C[C@H]2OC. The first kappa shape index (κ1) is 11.1. The predicted molar refractivity (Wildman–Crippen MR) is 56.6 cm³/mol. The van der Waals surface area contributed by atoms with Crippen molar-refractivity contribution in [3.63, 3.8) is 0 Å². The maximum absolute atomic E-state index is 11.9. The van der Waals surface area contributed by atoms with Crippen molar-refractivity contribution in [2.75, 3.05) is 14.2 Å². The minimum Gasteiger partial charge on any atom is -0.468 e. The molecule has 0 aromatic rings. The van der Waals surface area contributed by atoms with E-state index in [1.807, 2.05) is 12.2 Å². The third kappa shape index (κ3) is 1.26. The summed E-state index contributed by atoms with van der Waals surface area (Å²) >= 11 is 0. The lowest BCUT2D eigenvalue weighted by Gasteiger charge is -2.37. The highest BCUT2D eigenvalue weighted by Gasteiger charge is 2.56. The van der Waals surface area contributed by atoms with Crippen LogP contribution in [0.2, 0.25) is 0 Å². The molecule has 0 fully saturated rings. The van der Waals surface area contributed by atoms with Crippen molar-refractivity contribution in [2.24, 2.45) is 11.3 Å². The molecule has 0 amide bonds. The van der Waals surface area contributed by atoms with Gasteiger partial charge in [0.05, 0.1) is 13.2 Å². The van der Waals surface area contributed by atoms with Gasteiger partial charge in [-0.3, -0.25) is 9.59 Å². The van der Waals surface area contributed by atoms with Gasteiger partial charge in [0.25, 0.3) is 0 Å². The van der Waals surface area contributed by atoms with Crippen molar-refractivity contribution in [1.82, 2.24) is 0 Å². The molecule has 3 atom stereocenters. The van der Waals surface area contributed by atoms with Crippen molar-refractivity contribution in [1.29, 1.82) is 0 Å². The van der Waals surface area contributed by atoms with Crippen LogP contribution < -0.4 is 0 Å². The quantitative estimate of drug-likeness (QED) is 0.514. The van der Waals surface area contributed by atoms with E-state index in [2.05, 4.69) is 0 Å². The summed E-state index contributed by atoms with van der Waals surface area (Å²) in [6, 6.07) is 0. The van der Waals surface area contributed by atoms with Crippen molar-refractivity contribution in [3.8, 4) is 0 Å². The van der Waals surface area contributed by atoms with E-state index in [4.69, 9.17) is 9.47 Å². The normalized spacial score (nSPS) is 36.2. The van der Waals surface area contributed by atoms with Crippen LogP contribution in [-0.2, 0) is 19.1 Å². The molecular weight excluding hydrogens is 208 g/mol. The van der Waals surface area contributed by atoms with Crippen LogP contribution >= 0.6 is 0 Å². The second-order valence-corrected chi connectivity index (χ2v) is 4.03. The summed E-state index contributed by atoms with van der Waals surface area (Å²) in [5.41, 5.74) is -0.963. The highest BCUT2D eigenvalue weighted by atomic mass is 16.5. The van der Waals surface area contributed by atoms with E-state index in [1.54, 1.807) is 6.08 Å². The van der Waals surface area contributed by atoms with Crippen LogP contribution in [0.15, 0.2) is 24.3 Å². The number of hydrogen-bond donors (Lipinski definition) is 0. The van der Waals surface area contributed by atoms with Crippen LogP contribution in [0, 0.1) is 11.3 Å². The van der Waals surface area contributed by atoms with Crippen LogP contribution in [0.3, 0.4) is 0 Å². The highest BCUT2D eigenvalue weighted by Crippen LogP contribution is 2.46. The molecule has 0 aliphatic heterocycles. The maximum Gasteiger partial charge on any atom is 0.319 e. The first-order valence-corrected chi connectivity index (χ1v) is 5.17. The summed E-state index contributed by atoms with van der Waals surface area (Å²) in [5, 5.41) is 0. The van der Waals surface area contributed by atoms with Gasteiger partial charge in [-0.1, -0.05) is 18.2 Å². The fourth-order valence-corrected chi connectivity index (χ4v) is 2.57. The summed E-state index contributed by atoms with van der Waals surface area (Å²) in [6.07, 6.45) is 6.91. The molecule has 86 valence electrons. The van der Waals surface area contributed by atoms with E-state index in [1.165, 1.54) is 20.3 Å². The van der Waals surface area contributed by atoms with Crippen molar-refractivity contribution in [3.05, 3.63) is 24.3 Å². The van der Waals surface area contributed by atoms with E-state index in [9.17, 15) is 9.59 Å². The largest absolute Gasteiger partial charge is 0.468 e. The monoisotopic (exact) mass is 222 g/mol. The number of hydrogen-bond acceptors (Lipinski definition) is 4. The minimum absolute atomic E-state index is 0.0307. The molecule has 2 aliphatic carbocycles. The zero-order valence-corrected chi connectivity index (χ0v) is 9.30. The molecule has 4 nitrogen and oxygen atoms in total. The van der Waals surface area contributed by atoms with Gasteiger partial charge in [0.2, 0.25) is 0 Å². The zero-order chi connectivity index (χ0) is 11.8. The Labute approximate surface area is 93.9 Å². The van der Waals surface area contributed by atoms with Crippen molar-refractivity contribution >= 4 is 11.8 Å². The van der Waals surface area contributed by atoms with Gasteiger partial charge in [-0.15, -0.1) is 0 Å². The Kier molecular flexibility index (Phi) is 2.68. The smallest absolute Gasteiger partial charge is 0.319 e. The number of ketones is 1. The number of methoxy groups -OCH3 is 2. The Morgan fingerprint density at radius 1 is 1.50 bits per heavy atom. The molecule has 0 heterocycles. The van der Waals surface area contributed by atoms with Gasteiger partial charge >= 0.3 is 5.97 Å². The second kappa shape index (κ2) is 3.87. The van der Waals surface area contributed by atoms with Crippen molar-refractivity contribution in [2.45, 2.75) is 12.5 Å². The standard InChI is InChI=1S/C12H14O4/c1-15-10-5-3-4-8-9(13)6-7-12(8,10)11(14)16-2/h3,5-8,10H,4H2,1-2H3/t8-,10-,12-/m1/s1. The number of esters is 1. The molecular formula is C12H14O4. The number of rotatable bonds is 2. The molecule has 0 N–H and O–H groups in total. The molecule has 2 rings (SSSR count). The summed E-state index contributed by atoms with van der Waals surface area (Å²) in [6.45, 7) is 0. The van der Waals surface area contributed by atoms with E-state index in [-0.39, 0.29) is 11.7 Å². The molecule has 0 saturated carbocycles. The first-order chi connectivity index (χ1) is 7.66. The average molecular weight is 222 g/mol. The van der Waals surface area contributed by atoms with E-state index in [0.29, 0.717) is 6.42 Å². The summed E-state index contributed by atoms with van der Waals surface area (Å²) < 4.78 is 10.1. The topological polar surface area (TPSA) is 52.6 Å². The van der Waals surface area contributed by atoms with Crippen LogP contribution in [0.5, 0.6) is 0 Å². The Bertz CT molecular complexity index is 382. The molecule has 16 heavy (non-hydrogen) atoms. The van der Waals surface area contributed by atoms with Crippen LogP contribution in [-0.4, -0.2) is 32.1 Å². The highest BCUT2D eigenvalue weighted by molar-refractivity contribution is 6.02. The third-order valence-electron chi connectivity index (χ3n) is 3.39. The summed E-state index contributed by atoms with van der Waals surface area (Å²) in [4.78, 5) is 23.7. The van der Waals surface area contributed by atoms with Crippen molar-refractivity contribution < 1.29 is 19.1 Å². The number of allylic oxidation sites excluding steroid dienone is 2. The van der Waals surface area contributed by atoms with Crippen LogP contribution in [0.4, 0.5) is 0 Å². The Morgan fingerprint density at radius 2 is 2.25 bits per heavy atom. The van der Waals surface area contributed by atoms with E-state index in [0.717, 1.165) is 0 Å². The van der Waals surface area contributed by atoms with Gasteiger partial charge in [0.15, 0.2) is 5.78 Å². The minimum atomic E-state index is -0.963. The Balaban J connectivity index is 2.48. The Hall–Kier alpha value is -1.42. The van der Waals surface area contributed by atoms with E-state index < -0.39 is 17.5 Å². The van der Waals surface area contributed by atoms with Gasteiger partial charge in [-0.05, 0) is 12.5 Å². The maximum atomic E-state index is 11.9. The van der Waals surface area contributed by atoms with E-state index >= 15 is 0 Å². The lowest BCUT2D eigenvalue weighted by atomic mass is 9.69. The van der Waals surface area contributed by atoms with Gasteiger partial charge in [0, 0.05) is 13.0 Å². The molecule has 0 saturated heterocycles. The predicted octanol–water partition coefficient (Wildman–Crippen LogP) is 0.876. The van der Waals surface area contributed by atoms with Gasteiger partial charge in [0.1, 0.15) is 5.41 Å². The molecule has 0 unspecified atom stereocenters. The molecule has 4 heteroatoms. The van der Waals surface area contributed by atoms with Gasteiger partial charge in [-0.25, -0.2) is 0 Å². The third-order valence-corrected chi connectivity index (χ3v) is 3.39. The molecule has 0 bridgehead atoms. The molecule has 0 aromatic carbocycles. The molecule has 0 radical (unpaired) electrons. The zero-order valence-electron chi connectivity index (χ0n) is 9.30. The fourth-order valence-electron chi connectivity index (χ4n) is 2.57. The lowest BCUT2D eigenvalue weighted by molar-refractivity contribution is -0.161. The number of fused-ring (bicyclic) bond motifs is 1. The van der Waals surface area contributed by atoms with Crippen LogP contribution in [0.25, 0.3) is 0 Å². The molecule has 0 aromatic heterocycles. The molecule has 0 spiro atoms. The second-order valence-electron chi connectivity index (χ2n) is 4.03. The number of carbonyl (C=O) groups is 2. The van der Waals surface area contributed by atoms with Gasteiger partial charge < -0.3 is 9.47 Å². The number of carbonyl (C=O) groups excluding carboxylic acids is 2. The van der Waals surface area contributed by atoms with Gasteiger partial charge in [-0.2, -0.15) is 0 Å². The first-order valence-electron chi connectivity index (χ1n) is 5.17. The molecule has 2 aliphatic rings.